The third-order valence-electron chi connectivity index (χ3n) is 3.27. The predicted molar refractivity (Wildman–Crippen MR) is 72.1 cm³/mol. The monoisotopic (exact) mass is 248 g/mol. The van der Waals surface area contributed by atoms with Gasteiger partial charge in [-0.3, -0.25) is 4.79 Å². The summed E-state index contributed by atoms with van der Waals surface area (Å²) in [6.07, 6.45) is 0. The molecule has 4 rings (SSSR count). The van der Waals surface area contributed by atoms with Gasteiger partial charge in [-0.25, -0.2) is 0 Å². The largest absolute Gasteiger partial charge is 0.285 e. The van der Waals surface area contributed by atoms with Crippen molar-refractivity contribution in [1.82, 2.24) is 20.0 Å². The third kappa shape index (κ3) is 1.29. The number of para-hydroxylation sites is 1. The topological polar surface area (TPSA) is 60.2 Å². The predicted octanol–water partition coefficient (Wildman–Crippen LogP) is 1.79. The van der Waals surface area contributed by atoms with Gasteiger partial charge in [0.15, 0.2) is 0 Å². The molecule has 0 aliphatic heterocycles. The number of fused-ring (bicyclic) bond motifs is 5. The van der Waals surface area contributed by atoms with E-state index < -0.39 is 0 Å². The van der Waals surface area contributed by atoms with E-state index >= 15 is 0 Å². The first-order valence-electron chi connectivity index (χ1n) is 5.88. The molecule has 0 radical (unpaired) electrons. The molecule has 0 saturated heterocycles. The van der Waals surface area contributed by atoms with Crippen LogP contribution in [0.2, 0.25) is 0 Å². The molecule has 0 amide bonds. The minimum atomic E-state index is -0.156. The molecular weight excluding hydrogens is 240 g/mol. The highest BCUT2D eigenvalue weighted by molar-refractivity contribution is 6.05. The molecule has 0 atom stereocenters. The zero-order chi connectivity index (χ0) is 12.8. The average molecular weight is 248 g/mol. The van der Waals surface area contributed by atoms with Crippen LogP contribution in [0.5, 0.6) is 0 Å². The van der Waals surface area contributed by atoms with Crippen molar-refractivity contribution >= 4 is 27.3 Å². The van der Waals surface area contributed by atoms with E-state index in [-0.39, 0.29) is 11.1 Å². The van der Waals surface area contributed by atoms with Gasteiger partial charge in [0.25, 0.3) is 0 Å². The second-order valence-electron chi connectivity index (χ2n) is 4.31. The van der Waals surface area contributed by atoms with E-state index in [9.17, 15) is 4.79 Å². The van der Waals surface area contributed by atoms with Crippen LogP contribution in [0.1, 0.15) is 0 Å². The number of tetrazole rings is 1. The van der Waals surface area contributed by atoms with Crippen LogP contribution in [-0.4, -0.2) is 20.0 Å². The molecule has 19 heavy (non-hydrogen) atoms. The number of nitrogens with zero attached hydrogens (tertiary/aromatic N) is 4. The van der Waals surface area contributed by atoms with Crippen LogP contribution in [0.25, 0.3) is 27.3 Å². The summed E-state index contributed by atoms with van der Waals surface area (Å²) < 4.78 is 1.50. The summed E-state index contributed by atoms with van der Waals surface area (Å²) in [4.78, 5) is 12.5. The van der Waals surface area contributed by atoms with Gasteiger partial charge in [-0.15, -0.1) is 5.10 Å². The molecule has 5 nitrogen and oxygen atoms in total. The molecule has 0 unspecified atom stereocenters. The zero-order valence-corrected chi connectivity index (χ0v) is 9.82. The van der Waals surface area contributed by atoms with Gasteiger partial charge in [-0.1, -0.05) is 42.5 Å². The Hall–Kier alpha value is -2.82. The van der Waals surface area contributed by atoms with Crippen LogP contribution >= 0.6 is 0 Å². The molecule has 90 valence electrons. The van der Waals surface area contributed by atoms with Crippen LogP contribution < -0.4 is 5.43 Å². The fourth-order valence-electron chi connectivity index (χ4n) is 2.41. The molecule has 4 aromatic rings. The molecule has 0 aliphatic rings. The highest BCUT2D eigenvalue weighted by Gasteiger charge is 2.10. The van der Waals surface area contributed by atoms with Gasteiger partial charge in [-0.05, 0) is 21.9 Å². The van der Waals surface area contributed by atoms with E-state index in [1.54, 1.807) is 6.07 Å². The Labute approximate surface area is 107 Å². The van der Waals surface area contributed by atoms with Gasteiger partial charge in [0.1, 0.15) is 0 Å². The molecule has 5 heteroatoms. The van der Waals surface area contributed by atoms with Crippen LogP contribution in [0.4, 0.5) is 0 Å². The molecule has 2 aromatic carbocycles. The fourth-order valence-corrected chi connectivity index (χ4v) is 2.41. The van der Waals surface area contributed by atoms with E-state index in [0.717, 1.165) is 16.3 Å². The molecule has 0 saturated carbocycles. The number of benzene rings is 2. The molecule has 0 spiro atoms. The lowest BCUT2D eigenvalue weighted by Crippen LogP contribution is -2.02. The number of rotatable bonds is 0. The maximum absolute atomic E-state index is 12.5. The summed E-state index contributed by atoms with van der Waals surface area (Å²) >= 11 is 0. The molecular formula is C14H8N4O. The van der Waals surface area contributed by atoms with E-state index in [1.165, 1.54) is 4.52 Å². The Bertz CT molecular complexity index is 991. The Morgan fingerprint density at radius 1 is 0.842 bits per heavy atom. The molecule has 2 heterocycles. The lowest BCUT2D eigenvalue weighted by Gasteiger charge is -1.96. The quantitative estimate of drug-likeness (QED) is 0.476. The minimum Gasteiger partial charge on any atom is -0.285 e. The van der Waals surface area contributed by atoms with Crippen LogP contribution in [0.3, 0.4) is 0 Å². The second-order valence-corrected chi connectivity index (χ2v) is 4.31. The lowest BCUT2D eigenvalue weighted by atomic mass is 10.1. The van der Waals surface area contributed by atoms with Crippen molar-refractivity contribution in [3.63, 3.8) is 0 Å². The van der Waals surface area contributed by atoms with Crippen LogP contribution in [-0.2, 0) is 0 Å². The molecule has 0 bridgehead atoms. The van der Waals surface area contributed by atoms with E-state index in [2.05, 4.69) is 15.5 Å². The van der Waals surface area contributed by atoms with E-state index in [0.29, 0.717) is 5.39 Å². The Morgan fingerprint density at radius 2 is 1.53 bits per heavy atom. The van der Waals surface area contributed by atoms with Gasteiger partial charge >= 0.3 is 0 Å². The van der Waals surface area contributed by atoms with Crippen molar-refractivity contribution in [2.75, 3.05) is 0 Å². The summed E-state index contributed by atoms with van der Waals surface area (Å²) in [6.45, 7) is 0. The number of hydrogen-bond acceptors (Lipinski definition) is 4. The van der Waals surface area contributed by atoms with Crippen molar-refractivity contribution in [3.05, 3.63) is 58.8 Å². The van der Waals surface area contributed by atoms with Crippen molar-refractivity contribution in [3.8, 4) is 0 Å². The SMILES string of the molecule is O=c1c2ccccc2c2ccccc2n2nnnc12. The average Bonchev–Trinajstić information content (AvgIpc) is 2.92. The first-order chi connectivity index (χ1) is 9.36. The van der Waals surface area contributed by atoms with Crippen molar-refractivity contribution in [2.45, 2.75) is 0 Å². The lowest BCUT2D eigenvalue weighted by molar-refractivity contribution is 0.842. The highest BCUT2D eigenvalue weighted by atomic mass is 16.1. The molecule has 0 N–H and O–H groups in total. The Kier molecular flexibility index (Phi) is 1.91. The third-order valence-corrected chi connectivity index (χ3v) is 3.27. The number of aromatic nitrogens is 4. The van der Waals surface area contributed by atoms with Gasteiger partial charge in [0, 0.05) is 10.8 Å². The normalized spacial score (nSPS) is 11.4. The van der Waals surface area contributed by atoms with Crippen molar-refractivity contribution < 1.29 is 0 Å². The zero-order valence-electron chi connectivity index (χ0n) is 9.82. The van der Waals surface area contributed by atoms with E-state index in [4.69, 9.17) is 0 Å². The minimum absolute atomic E-state index is 0.156. The summed E-state index contributed by atoms with van der Waals surface area (Å²) in [6, 6.07) is 15.2. The Morgan fingerprint density at radius 3 is 2.37 bits per heavy atom. The van der Waals surface area contributed by atoms with Crippen LogP contribution in [0.15, 0.2) is 53.3 Å². The van der Waals surface area contributed by atoms with Crippen molar-refractivity contribution in [2.24, 2.45) is 0 Å². The fraction of sp³-hybridized carbons (Fsp3) is 0. The van der Waals surface area contributed by atoms with Gasteiger partial charge in [0.05, 0.1) is 5.52 Å². The summed E-state index contributed by atoms with van der Waals surface area (Å²) in [7, 11) is 0. The first kappa shape index (κ1) is 10.1. The maximum Gasteiger partial charge on any atom is 0.232 e. The highest BCUT2D eigenvalue weighted by Crippen LogP contribution is 2.21. The van der Waals surface area contributed by atoms with Crippen LogP contribution in [0, 0.1) is 0 Å². The van der Waals surface area contributed by atoms with Gasteiger partial charge < -0.3 is 0 Å². The second kappa shape index (κ2) is 3.58. The van der Waals surface area contributed by atoms with Gasteiger partial charge in [0.2, 0.25) is 11.1 Å². The molecule has 0 fully saturated rings. The Balaban J connectivity index is 2.55. The summed E-state index contributed by atoms with van der Waals surface area (Å²) in [5, 5.41) is 13.9. The maximum atomic E-state index is 12.5. The standard InChI is InChI=1S/C14H8N4O/c19-13-11-7-2-1-5-9(11)10-6-3-4-8-12(10)18-14(13)15-16-17-18/h1-8H. The summed E-state index contributed by atoms with van der Waals surface area (Å²) in [5.74, 6) is 0. The number of hydrogen-bond donors (Lipinski definition) is 0. The van der Waals surface area contributed by atoms with Crippen molar-refractivity contribution in [1.29, 1.82) is 0 Å². The molecule has 0 aliphatic carbocycles. The van der Waals surface area contributed by atoms with Gasteiger partial charge in [-0.2, -0.15) is 4.52 Å². The summed E-state index contributed by atoms with van der Waals surface area (Å²) in [5.41, 5.74) is 0.912. The van der Waals surface area contributed by atoms with E-state index in [1.807, 2.05) is 42.5 Å². The smallest absolute Gasteiger partial charge is 0.232 e. The first-order valence-corrected chi connectivity index (χ1v) is 5.88. The molecule has 2 aromatic heterocycles.